The molecule has 7 heteroatoms. The normalized spacial score (nSPS) is 12.7. The van der Waals surface area contributed by atoms with Crippen LogP contribution in [0.15, 0.2) is 29.2 Å². The van der Waals surface area contributed by atoms with Crippen molar-refractivity contribution >= 4 is 38.9 Å². The van der Waals surface area contributed by atoms with Gasteiger partial charge in [-0.25, -0.2) is 8.42 Å². The highest BCUT2D eigenvalue weighted by molar-refractivity contribution is 7.98. The minimum absolute atomic E-state index is 0.0270. The van der Waals surface area contributed by atoms with Crippen molar-refractivity contribution in [2.75, 3.05) is 24.8 Å². The summed E-state index contributed by atoms with van der Waals surface area (Å²) in [5.41, 5.74) is 0.996. The first kappa shape index (κ1) is 18.3. The second-order valence-electron chi connectivity index (χ2n) is 4.81. The quantitative estimate of drug-likeness (QED) is 0.584. The van der Waals surface area contributed by atoms with Gasteiger partial charge in [-0.05, 0) is 55.3 Å². The SMILES string of the molecule is CSCCCNC(=S)N[C@H](C)c1ccc(S(C)(=O)=O)cc1. The van der Waals surface area contributed by atoms with Crippen LogP contribution in [0.3, 0.4) is 0 Å². The molecule has 0 saturated carbocycles. The molecule has 21 heavy (non-hydrogen) atoms. The number of hydrogen-bond donors (Lipinski definition) is 2. The maximum atomic E-state index is 11.4. The molecule has 118 valence electrons. The molecular formula is C14H22N2O2S3. The third kappa shape index (κ3) is 6.67. The molecule has 0 aliphatic heterocycles. The van der Waals surface area contributed by atoms with Crippen molar-refractivity contribution in [3.05, 3.63) is 29.8 Å². The van der Waals surface area contributed by atoms with E-state index in [0.29, 0.717) is 10.0 Å². The van der Waals surface area contributed by atoms with Crippen LogP contribution < -0.4 is 10.6 Å². The lowest BCUT2D eigenvalue weighted by Gasteiger charge is -2.17. The highest BCUT2D eigenvalue weighted by Crippen LogP contribution is 2.16. The fraction of sp³-hybridized carbons (Fsp3) is 0.500. The van der Waals surface area contributed by atoms with Gasteiger partial charge in [0.2, 0.25) is 0 Å². The van der Waals surface area contributed by atoms with Crippen molar-refractivity contribution in [2.45, 2.75) is 24.3 Å². The lowest BCUT2D eigenvalue weighted by Crippen LogP contribution is -2.37. The summed E-state index contributed by atoms with van der Waals surface area (Å²) in [6.07, 6.45) is 4.36. The molecule has 0 amide bonds. The van der Waals surface area contributed by atoms with Gasteiger partial charge < -0.3 is 10.6 Å². The molecule has 1 atom stereocenters. The second-order valence-corrected chi connectivity index (χ2v) is 8.22. The van der Waals surface area contributed by atoms with Crippen LogP contribution in [0.1, 0.15) is 24.9 Å². The summed E-state index contributed by atoms with van der Waals surface area (Å²) in [4.78, 5) is 0.330. The van der Waals surface area contributed by atoms with E-state index in [9.17, 15) is 8.42 Å². The minimum atomic E-state index is -3.15. The molecule has 1 aromatic carbocycles. The van der Waals surface area contributed by atoms with Crippen molar-refractivity contribution in [3.8, 4) is 0 Å². The number of thiocarbonyl (C=S) groups is 1. The largest absolute Gasteiger partial charge is 0.363 e. The van der Waals surface area contributed by atoms with Crippen molar-refractivity contribution in [2.24, 2.45) is 0 Å². The van der Waals surface area contributed by atoms with Gasteiger partial charge in [0.05, 0.1) is 10.9 Å². The number of nitrogens with one attached hydrogen (secondary N) is 2. The van der Waals surface area contributed by atoms with Gasteiger partial charge >= 0.3 is 0 Å². The molecule has 0 saturated heterocycles. The van der Waals surface area contributed by atoms with Gasteiger partial charge in [0.1, 0.15) is 0 Å². The van der Waals surface area contributed by atoms with Gasteiger partial charge in [0.25, 0.3) is 0 Å². The summed E-state index contributed by atoms with van der Waals surface area (Å²) in [7, 11) is -3.15. The zero-order valence-corrected chi connectivity index (χ0v) is 15.0. The Balaban J connectivity index is 2.52. The fourth-order valence-corrected chi connectivity index (χ4v) is 3.10. The Morgan fingerprint density at radius 1 is 1.33 bits per heavy atom. The van der Waals surface area contributed by atoms with Crippen LogP contribution >= 0.6 is 24.0 Å². The molecule has 1 aromatic rings. The molecule has 0 bridgehead atoms. The predicted octanol–water partition coefficient (Wildman–Crippen LogP) is 2.37. The van der Waals surface area contributed by atoms with Gasteiger partial charge in [0, 0.05) is 12.8 Å². The van der Waals surface area contributed by atoms with Crippen LogP contribution in [0, 0.1) is 0 Å². The fourth-order valence-electron chi connectivity index (χ4n) is 1.75. The second kappa shape index (κ2) is 8.60. The van der Waals surface area contributed by atoms with Crippen molar-refractivity contribution in [1.29, 1.82) is 0 Å². The summed E-state index contributed by atoms with van der Waals surface area (Å²) < 4.78 is 22.8. The molecule has 2 N–H and O–H groups in total. The topological polar surface area (TPSA) is 58.2 Å². The van der Waals surface area contributed by atoms with E-state index >= 15 is 0 Å². The molecule has 0 heterocycles. The maximum Gasteiger partial charge on any atom is 0.175 e. The Bertz CT molecular complexity index is 556. The highest BCUT2D eigenvalue weighted by atomic mass is 32.2. The Morgan fingerprint density at radius 3 is 2.48 bits per heavy atom. The Hall–Kier alpha value is -0.790. The number of benzene rings is 1. The van der Waals surface area contributed by atoms with Crippen LogP contribution in [-0.2, 0) is 9.84 Å². The average Bonchev–Trinajstić information content (AvgIpc) is 2.43. The predicted molar refractivity (Wildman–Crippen MR) is 94.7 cm³/mol. The molecule has 0 aliphatic rings. The van der Waals surface area contributed by atoms with Gasteiger partial charge in [0.15, 0.2) is 14.9 Å². The number of sulfone groups is 1. The third-order valence-electron chi connectivity index (χ3n) is 2.97. The first-order valence-corrected chi connectivity index (χ1v) is 10.4. The third-order valence-corrected chi connectivity index (χ3v) is 5.05. The summed E-state index contributed by atoms with van der Waals surface area (Å²) in [6, 6.07) is 6.89. The molecule has 0 fully saturated rings. The molecular weight excluding hydrogens is 324 g/mol. The van der Waals surface area contributed by atoms with Crippen LogP contribution in [0.4, 0.5) is 0 Å². The standard InChI is InChI=1S/C14H22N2O2S3/c1-11(16-14(19)15-9-4-10-20-2)12-5-7-13(8-6-12)21(3,17)18/h5-8,11H,4,9-10H2,1-3H3,(H2,15,16,19)/t11-/m1/s1. The number of thioether (sulfide) groups is 1. The van der Waals surface area contributed by atoms with Crippen molar-refractivity contribution < 1.29 is 8.42 Å². The van der Waals surface area contributed by atoms with E-state index in [0.717, 1.165) is 24.3 Å². The number of hydrogen-bond acceptors (Lipinski definition) is 4. The zero-order valence-electron chi connectivity index (χ0n) is 12.5. The summed E-state index contributed by atoms with van der Waals surface area (Å²) in [5.74, 6) is 1.11. The first-order chi connectivity index (χ1) is 9.84. The monoisotopic (exact) mass is 346 g/mol. The van der Waals surface area contributed by atoms with E-state index in [1.807, 2.05) is 30.8 Å². The van der Waals surface area contributed by atoms with E-state index in [1.165, 1.54) is 6.26 Å². The Kier molecular flexibility index (Phi) is 7.48. The van der Waals surface area contributed by atoms with Crippen LogP contribution in [0.25, 0.3) is 0 Å². The van der Waals surface area contributed by atoms with E-state index in [1.54, 1.807) is 12.1 Å². The van der Waals surface area contributed by atoms with Gasteiger partial charge in [-0.1, -0.05) is 12.1 Å². The minimum Gasteiger partial charge on any atom is -0.363 e. The van der Waals surface area contributed by atoms with Crippen molar-refractivity contribution in [3.63, 3.8) is 0 Å². The summed E-state index contributed by atoms with van der Waals surface area (Å²) in [6.45, 7) is 2.84. The molecule has 0 spiro atoms. The smallest absolute Gasteiger partial charge is 0.175 e. The maximum absolute atomic E-state index is 11.4. The van der Waals surface area contributed by atoms with Crippen LogP contribution in [0.5, 0.6) is 0 Å². The number of rotatable bonds is 7. The van der Waals surface area contributed by atoms with Crippen LogP contribution in [-0.4, -0.2) is 38.3 Å². The Labute approximate surface area is 137 Å². The molecule has 0 radical (unpaired) electrons. The lowest BCUT2D eigenvalue weighted by molar-refractivity contribution is 0.601. The van der Waals surface area contributed by atoms with Crippen molar-refractivity contribution in [1.82, 2.24) is 10.6 Å². The molecule has 4 nitrogen and oxygen atoms in total. The lowest BCUT2D eigenvalue weighted by atomic mass is 10.1. The van der Waals surface area contributed by atoms with Gasteiger partial charge in [-0.2, -0.15) is 11.8 Å². The van der Waals surface area contributed by atoms with E-state index in [4.69, 9.17) is 12.2 Å². The zero-order chi connectivity index (χ0) is 15.9. The molecule has 0 aromatic heterocycles. The Morgan fingerprint density at radius 2 is 1.95 bits per heavy atom. The van der Waals surface area contributed by atoms with Gasteiger partial charge in [-0.3, -0.25) is 0 Å². The van der Waals surface area contributed by atoms with E-state index in [-0.39, 0.29) is 6.04 Å². The molecule has 0 unspecified atom stereocenters. The van der Waals surface area contributed by atoms with E-state index in [2.05, 4.69) is 16.9 Å². The first-order valence-electron chi connectivity index (χ1n) is 6.68. The highest BCUT2D eigenvalue weighted by Gasteiger charge is 2.10. The van der Waals surface area contributed by atoms with Crippen LogP contribution in [0.2, 0.25) is 0 Å². The summed E-state index contributed by atoms with van der Waals surface area (Å²) >= 11 is 7.05. The van der Waals surface area contributed by atoms with E-state index < -0.39 is 9.84 Å². The molecule has 1 rings (SSSR count). The average molecular weight is 347 g/mol. The van der Waals surface area contributed by atoms with Gasteiger partial charge in [-0.15, -0.1) is 0 Å². The summed E-state index contributed by atoms with van der Waals surface area (Å²) in [5, 5.41) is 6.98. The molecule has 0 aliphatic carbocycles.